The van der Waals surface area contributed by atoms with Crippen molar-refractivity contribution in [2.75, 3.05) is 16.8 Å². The molecule has 0 aliphatic carbocycles. The van der Waals surface area contributed by atoms with Gasteiger partial charge in [0.2, 0.25) is 5.91 Å². The number of anilines is 2. The van der Waals surface area contributed by atoms with E-state index in [1.807, 2.05) is 48.2 Å². The van der Waals surface area contributed by atoms with Crippen LogP contribution >= 0.6 is 15.9 Å². The van der Waals surface area contributed by atoms with Gasteiger partial charge in [0, 0.05) is 29.7 Å². The first-order valence-electron chi connectivity index (χ1n) is 8.30. The number of halogens is 1. The molecule has 130 valence electrons. The van der Waals surface area contributed by atoms with E-state index in [1.54, 1.807) is 0 Å². The summed E-state index contributed by atoms with van der Waals surface area (Å²) in [5, 5.41) is 5.67. The van der Waals surface area contributed by atoms with E-state index in [9.17, 15) is 9.59 Å². The van der Waals surface area contributed by atoms with Crippen LogP contribution in [0.15, 0.2) is 46.9 Å². The summed E-state index contributed by atoms with van der Waals surface area (Å²) < 4.78 is 0.836. The van der Waals surface area contributed by atoms with Gasteiger partial charge in [0.15, 0.2) is 0 Å². The molecule has 2 N–H and O–H groups in total. The zero-order chi connectivity index (χ0) is 17.8. The van der Waals surface area contributed by atoms with E-state index in [1.165, 1.54) is 0 Å². The first-order valence-corrected chi connectivity index (χ1v) is 9.09. The number of fused-ring (bicyclic) bond motifs is 1. The summed E-state index contributed by atoms with van der Waals surface area (Å²) in [5.74, 6) is 0.150. The first kappa shape index (κ1) is 17.5. The zero-order valence-electron chi connectivity index (χ0n) is 14.0. The quantitative estimate of drug-likeness (QED) is 0.810. The first-order chi connectivity index (χ1) is 12.1. The molecule has 0 fully saturated rings. The summed E-state index contributed by atoms with van der Waals surface area (Å²) >= 11 is 3.40. The number of urea groups is 1. The molecule has 2 aromatic rings. The molecule has 0 saturated heterocycles. The monoisotopic (exact) mass is 401 g/mol. The molecule has 1 aliphatic heterocycles. The lowest BCUT2D eigenvalue weighted by Gasteiger charge is -2.16. The van der Waals surface area contributed by atoms with E-state index in [0.717, 1.165) is 39.9 Å². The van der Waals surface area contributed by atoms with Crippen LogP contribution in [0.4, 0.5) is 16.2 Å². The summed E-state index contributed by atoms with van der Waals surface area (Å²) in [5.41, 5.74) is 3.90. The molecular formula is C19H20BrN3O2. The lowest BCUT2D eigenvalue weighted by atomic mass is 10.1. The van der Waals surface area contributed by atoms with E-state index < -0.39 is 0 Å². The fourth-order valence-corrected chi connectivity index (χ4v) is 3.31. The highest BCUT2D eigenvalue weighted by Crippen LogP contribution is 2.29. The second kappa shape index (κ2) is 7.70. The fourth-order valence-electron chi connectivity index (χ4n) is 2.93. The molecule has 3 rings (SSSR count). The van der Waals surface area contributed by atoms with Gasteiger partial charge < -0.3 is 15.5 Å². The van der Waals surface area contributed by atoms with Crippen molar-refractivity contribution in [1.29, 1.82) is 0 Å². The zero-order valence-corrected chi connectivity index (χ0v) is 15.6. The molecule has 0 radical (unpaired) electrons. The lowest BCUT2D eigenvalue weighted by molar-refractivity contribution is -0.118. The Balaban J connectivity index is 1.60. The Labute approximate surface area is 155 Å². The Morgan fingerprint density at radius 3 is 2.76 bits per heavy atom. The van der Waals surface area contributed by atoms with Gasteiger partial charge in [-0.25, -0.2) is 4.79 Å². The average molecular weight is 402 g/mol. The predicted molar refractivity (Wildman–Crippen MR) is 103 cm³/mol. The highest BCUT2D eigenvalue weighted by Gasteiger charge is 2.23. The molecule has 0 aromatic heterocycles. The van der Waals surface area contributed by atoms with Crippen LogP contribution in [0.3, 0.4) is 0 Å². The van der Waals surface area contributed by atoms with Gasteiger partial charge in [0.25, 0.3) is 0 Å². The van der Waals surface area contributed by atoms with Crippen LogP contribution in [-0.4, -0.2) is 18.5 Å². The maximum absolute atomic E-state index is 12.1. The standard InChI is InChI=1S/C19H20BrN3O2/c1-2-18(24)23-10-9-14-11-13(7-8-17(14)23)12-21-19(25)22-16-6-4-3-5-15(16)20/h3-8,11H,2,9-10,12H2,1H3,(H2,21,22,25). The van der Waals surface area contributed by atoms with Crippen molar-refractivity contribution in [3.05, 3.63) is 58.1 Å². The maximum atomic E-state index is 12.1. The normalized spacial score (nSPS) is 12.6. The number of hydrogen-bond donors (Lipinski definition) is 2. The van der Waals surface area contributed by atoms with Crippen LogP contribution < -0.4 is 15.5 Å². The highest BCUT2D eigenvalue weighted by molar-refractivity contribution is 9.10. The number of hydrogen-bond acceptors (Lipinski definition) is 2. The molecule has 0 saturated carbocycles. The second-order valence-electron chi connectivity index (χ2n) is 5.90. The number of carbonyl (C=O) groups is 2. The van der Waals surface area contributed by atoms with Crippen LogP contribution in [0.25, 0.3) is 0 Å². The molecule has 3 amide bonds. The molecule has 0 atom stereocenters. The average Bonchev–Trinajstić information content (AvgIpc) is 3.04. The number of carbonyl (C=O) groups excluding carboxylic acids is 2. The summed E-state index contributed by atoms with van der Waals surface area (Å²) in [4.78, 5) is 25.8. The second-order valence-corrected chi connectivity index (χ2v) is 6.75. The van der Waals surface area contributed by atoms with E-state index in [-0.39, 0.29) is 11.9 Å². The van der Waals surface area contributed by atoms with Crippen LogP contribution in [0.1, 0.15) is 24.5 Å². The fraction of sp³-hybridized carbons (Fsp3) is 0.263. The van der Waals surface area contributed by atoms with Gasteiger partial charge in [-0.15, -0.1) is 0 Å². The molecule has 2 aromatic carbocycles. The van der Waals surface area contributed by atoms with Crippen LogP contribution in [0.2, 0.25) is 0 Å². The Hall–Kier alpha value is -2.34. The molecule has 0 bridgehead atoms. The van der Waals surface area contributed by atoms with Gasteiger partial charge in [-0.05, 0) is 51.7 Å². The van der Waals surface area contributed by atoms with Crippen molar-refractivity contribution in [3.8, 4) is 0 Å². The van der Waals surface area contributed by atoms with Gasteiger partial charge in [-0.2, -0.15) is 0 Å². The van der Waals surface area contributed by atoms with E-state index in [4.69, 9.17) is 0 Å². The molecule has 25 heavy (non-hydrogen) atoms. The Morgan fingerprint density at radius 1 is 1.20 bits per heavy atom. The van der Waals surface area contributed by atoms with Crippen molar-refractivity contribution < 1.29 is 9.59 Å². The number of rotatable bonds is 4. The molecule has 6 heteroatoms. The SMILES string of the molecule is CCC(=O)N1CCc2cc(CNC(=O)Nc3ccccc3Br)ccc21. The number of benzene rings is 2. The van der Waals surface area contributed by atoms with Crippen LogP contribution in [-0.2, 0) is 17.8 Å². The highest BCUT2D eigenvalue weighted by atomic mass is 79.9. The largest absolute Gasteiger partial charge is 0.334 e. The van der Waals surface area contributed by atoms with E-state index >= 15 is 0 Å². The van der Waals surface area contributed by atoms with E-state index in [2.05, 4.69) is 32.6 Å². The van der Waals surface area contributed by atoms with Crippen molar-refractivity contribution in [3.63, 3.8) is 0 Å². The van der Waals surface area contributed by atoms with Gasteiger partial charge in [0.05, 0.1) is 5.69 Å². The van der Waals surface area contributed by atoms with Crippen LogP contribution in [0, 0.1) is 0 Å². The Kier molecular flexibility index (Phi) is 5.38. The Bertz CT molecular complexity index is 807. The minimum absolute atomic E-state index is 0.150. The molecular weight excluding hydrogens is 382 g/mol. The summed E-state index contributed by atoms with van der Waals surface area (Å²) in [7, 11) is 0. The molecule has 1 aliphatic rings. The molecule has 1 heterocycles. The van der Waals surface area contributed by atoms with E-state index in [0.29, 0.717) is 13.0 Å². The van der Waals surface area contributed by atoms with Crippen molar-refractivity contribution >= 4 is 39.2 Å². The smallest absolute Gasteiger partial charge is 0.319 e. The third-order valence-corrected chi connectivity index (χ3v) is 4.91. The van der Waals surface area contributed by atoms with Crippen molar-refractivity contribution in [2.45, 2.75) is 26.3 Å². The van der Waals surface area contributed by atoms with Gasteiger partial charge in [-0.3, -0.25) is 4.79 Å². The van der Waals surface area contributed by atoms with Crippen molar-refractivity contribution in [2.24, 2.45) is 0 Å². The summed E-state index contributed by atoms with van der Waals surface area (Å²) in [6.45, 7) is 3.05. The third-order valence-electron chi connectivity index (χ3n) is 4.22. The molecule has 5 nitrogen and oxygen atoms in total. The van der Waals surface area contributed by atoms with Gasteiger partial charge >= 0.3 is 6.03 Å². The minimum atomic E-state index is -0.254. The predicted octanol–water partition coefficient (Wildman–Crippen LogP) is 4.07. The summed E-state index contributed by atoms with van der Waals surface area (Å²) in [6.07, 6.45) is 1.37. The van der Waals surface area contributed by atoms with Gasteiger partial charge in [0.1, 0.15) is 0 Å². The number of nitrogens with one attached hydrogen (secondary N) is 2. The van der Waals surface area contributed by atoms with Crippen LogP contribution in [0.5, 0.6) is 0 Å². The number of amides is 3. The molecule has 0 unspecified atom stereocenters. The third kappa shape index (κ3) is 4.02. The minimum Gasteiger partial charge on any atom is -0.334 e. The summed E-state index contributed by atoms with van der Waals surface area (Å²) in [6, 6.07) is 13.2. The molecule has 0 spiro atoms. The topological polar surface area (TPSA) is 61.4 Å². The maximum Gasteiger partial charge on any atom is 0.319 e. The van der Waals surface area contributed by atoms with Gasteiger partial charge in [-0.1, -0.05) is 31.2 Å². The number of nitrogens with zero attached hydrogens (tertiary/aromatic N) is 1. The lowest BCUT2D eigenvalue weighted by Crippen LogP contribution is -2.28. The van der Waals surface area contributed by atoms with Crippen molar-refractivity contribution in [1.82, 2.24) is 5.32 Å². The Morgan fingerprint density at radius 2 is 2.00 bits per heavy atom. The number of para-hydroxylation sites is 1.